The standard InChI is InChI=1S/C10H14FNO2/c1-14-7-2-3-9(11)8(6-7)10(13)4-5-12/h2-3,6,10,13H,4-5,12H2,1H3. The zero-order valence-electron chi connectivity index (χ0n) is 8.03. The maximum absolute atomic E-state index is 13.2. The molecule has 78 valence electrons. The van der Waals surface area contributed by atoms with Crippen molar-refractivity contribution >= 4 is 0 Å². The van der Waals surface area contributed by atoms with Gasteiger partial charge < -0.3 is 15.6 Å². The van der Waals surface area contributed by atoms with Crippen LogP contribution in [0.1, 0.15) is 18.1 Å². The molecule has 3 nitrogen and oxygen atoms in total. The predicted molar refractivity (Wildman–Crippen MR) is 51.6 cm³/mol. The van der Waals surface area contributed by atoms with Crippen molar-refractivity contribution in [3.8, 4) is 5.75 Å². The highest BCUT2D eigenvalue weighted by molar-refractivity contribution is 5.31. The molecule has 0 heterocycles. The zero-order valence-corrected chi connectivity index (χ0v) is 8.03. The molecule has 1 unspecified atom stereocenters. The Morgan fingerprint density at radius 3 is 2.86 bits per heavy atom. The molecule has 0 aliphatic carbocycles. The van der Waals surface area contributed by atoms with E-state index in [-0.39, 0.29) is 5.56 Å². The van der Waals surface area contributed by atoms with Crippen molar-refractivity contribution in [2.24, 2.45) is 5.73 Å². The number of ether oxygens (including phenoxy) is 1. The van der Waals surface area contributed by atoms with Crippen LogP contribution >= 0.6 is 0 Å². The van der Waals surface area contributed by atoms with Gasteiger partial charge in [0, 0.05) is 5.56 Å². The molecular weight excluding hydrogens is 185 g/mol. The summed E-state index contributed by atoms with van der Waals surface area (Å²) in [6.07, 6.45) is -0.528. The topological polar surface area (TPSA) is 55.5 Å². The number of hydrogen-bond acceptors (Lipinski definition) is 3. The summed E-state index contributed by atoms with van der Waals surface area (Å²) in [5, 5.41) is 9.55. The maximum Gasteiger partial charge on any atom is 0.129 e. The second-order valence-corrected chi connectivity index (χ2v) is 2.98. The molecule has 1 atom stereocenters. The first kappa shape index (κ1) is 10.9. The second kappa shape index (κ2) is 4.93. The quantitative estimate of drug-likeness (QED) is 0.766. The molecule has 0 spiro atoms. The largest absolute Gasteiger partial charge is 0.497 e. The van der Waals surface area contributed by atoms with Gasteiger partial charge in [-0.2, -0.15) is 0 Å². The Kier molecular flexibility index (Phi) is 3.85. The number of aliphatic hydroxyl groups excluding tert-OH is 1. The average Bonchev–Trinajstić information content (AvgIpc) is 2.19. The van der Waals surface area contributed by atoms with Crippen molar-refractivity contribution < 1.29 is 14.2 Å². The van der Waals surface area contributed by atoms with Crippen molar-refractivity contribution in [1.29, 1.82) is 0 Å². The molecule has 0 amide bonds. The minimum absolute atomic E-state index is 0.231. The Morgan fingerprint density at radius 2 is 2.29 bits per heavy atom. The van der Waals surface area contributed by atoms with Gasteiger partial charge in [0.2, 0.25) is 0 Å². The van der Waals surface area contributed by atoms with E-state index in [4.69, 9.17) is 10.5 Å². The number of rotatable bonds is 4. The first-order valence-corrected chi connectivity index (χ1v) is 4.40. The summed E-state index contributed by atoms with van der Waals surface area (Å²) in [5.74, 6) is 0.0872. The molecule has 0 fully saturated rings. The van der Waals surface area contributed by atoms with Gasteiger partial charge in [0.25, 0.3) is 0 Å². The van der Waals surface area contributed by atoms with Gasteiger partial charge in [-0.05, 0) is 31.2 Å². The van der Waals surface area contributed by atoms with E-state index in [2.05, 4.69) is 0 Å². The fourth-order valence-corrected chi connectivity index (χ4v) is 1.22. The van der Waals surface area contributed by atoms with Crippen molar-refractivity contribution in [2.75, 3.05) is 13.7 Å². The molecule has 1 aromatic carbocycles. The van der Waals surface area contributed by atoms with Crippen molar-refractivity contribution in [3.05, 3.63) is 29.6 Å². The fraction of sp³-hybridized carbons (Fsp3) is 0.400. The molecule has 1 rings (SSSR count). The van der Waals surface area contributed by atoms with E-state index in [1.54, 1.807) is 0 Å². The molecule has 1 aromatic rings. The van der Waals surface area contributed by atoms with Gasteiger partial charge >= 0.3 is 0 Å². The molecular formula is C10H14FNO2. The highest BCUT2D eigenvalue weighted by Gasteiger charge is 2.12. The molecule has 0 radical (unpaired) electrons. The lowest BCUT2D eigenvalue weighted by atomic mass is 10.1. The smallest absolute Gasteiger partial charge is 0.129 e. The highest BCUT2D eigenvalue weighted by atomic mass is 19.1. The number of hydrogen-bond donors (Lipinski definition) is 2. The molecule has 0 saturated carbocycles. The minimum Gasteiger partial charge on any atom is -0.497 e. The van der Waals surface area contributed by atoms with Gasteiger partial charge in [-0.25, -0.2) is 4.39 Å². The molecule has 0 saturated heterocycles. The van der Waals surface area contributed by atoms with Gasteiger partial charge in [0.15, 0.2) is 0 Å². The van der Waals surface area contributed by atoms with Gasteiger partial charge in [-0.3, -0.25) is 0 Å². The number of aliphatic hydroxyl groups is 1. The molecule has 0 aromatic heterocycles. The van der Waals surface area contributed by atoms with Crippen molar-refractivity contribution in [2.45, 2.75) is 12.5 Å². The lowest BCUT2D eigenvalue weighted by Crippen LogP contribution is -2.08. The van der Waals surface area contributed by atoms with Crippen LogP contribution in [-0.4, -0.2) is 18.8 Å². The molecule has 3 N–H and O–H groups in total. The SMILES string of the molecule is COc1ccc(F)c(C(O)CCN)c1. The average molecular weight is 199 g/mol. The second-order valence-electron chi connectivity index (χ2n) is 2.98. The Bertz CT molecular complexity index is 304. The number of nitrogens with two attached hydrogens (primary N) is 1. The molecule has 0 bridgehead atoms. The van der Waals surface area contributed by atoms with E-state index in [9.17, 15) is 9.50 Å². The van der Waals surface area contributed by atoms with Gasteiger partial charge in [0.05, 0.1) is 13.2 Å². The molecule has 14 heavy (non-hydrogen) atoms. The van der Waals surface area contributed by atoms with E-state index < -0.39 is 11.9 Å². The Hall–Kier alpha value is -1.13. The first-order chi connectivity index (χ1) is 6.69. The van der Waals surface area contributed by atoms with Crippen LogP contribution in [0.5, 0.6) is 5.75 Å². The zero-order chi connectivity index (χ0) is 10.6. The molecule has 0 aliphatic rings. The third-order valence-corrected chi connectivity index (χ3v) is 2.00. The van der Waals surface area contributed by atoms with Crippen molar-refractivity contribution in [3.63, 3.8) is 0 Å². The maximum atomic E-state index is 13.2. The normalized spacial score (nSPS) is 12.6. The summed E-state index contributed by atoms with van der Waals surface area (Å²) in [4.78, 5) is 0. The van der Waals surface area contributed by atoms with Crippen LogP contribution in [-0.2, 0) is 0 Å². The van der Waals surface area contributed by atoms with Gasteiger partial charge in [0.1, 0.15) is 11.6 Å². The van der Waals surface area contributed by atoms with Crippen LogP contribution in [0, 0.1) is 5.82 Å². The van der Waals surface area contributed by atoms with Gasteiger partial charge in [-0.1, -0.05) is 0 Å². The Balaban J connectivity index is 2.93. The van der Waals surface area contributed by atoms with E-state index in [1.807, 2.05) is 0 Å². The fourth-order valence-electron chi connectivity index (χ4n) is 1.22. The lowest BCUT2D eigenvalue weighted by Gasteiger charge is -2.11. The van der Waals surface area contributed by atoms with E-state index in [0.29, 0.717) is 18.7 Å². The highest BCUT2D eigenvalue weighted by Crippen LogP contribution is 2.24. The van der Waals surface area contributed by atoms with E-state index >= 15 is 0 Å². The van der Waals surface area contributed by atoms with Crippen LogP contribution in [0.2, 0.25) is 0 Å². The van der Waals surface area contributed by atoms with Crippen LogP contribution in [0.25, 0.3) is 0 Å². The summed E-state index contributed by atoms with van der Waals surface area (Å²) in [5.41, 5.74) is 5.51. The van der Waals surface area contributed by atoms with Crippen LogP contribution in [0.4, 0.5) is 4.39 Å². The Morgan fingerprint density at radius 1 is 1.57 bits per heavy atom. The minimum atomic E-state index is -0.866. The summed E-state index contributed by atoms with van der Waals surface area (Å²) in [6, 6.07) is 4.26. The molecule has 4 heteroatoms. The lowest BCUT2D eigenvalue weighted by molar-refractivity contribution is 0.165. The first-order valence-electron chi connectivity index (χ1n) is 4.40. The van der Waals surface area contributed by atoms with E-state index in [1.165, 1.54) is 25.3 Å². The third kappa shape index (κ3) is 2.43. The number of halogens is 1. The van der Waals surface area contributed by atoms with Crippen LogP contribution in [0.3, 0.4) is 0 Å². The van der Waals surface area contributed by atoms with Crippen molar-refractivity contribution in [1.82, 2.24) is 0 Å². The number of methoxy groups -OCH3 is 1. The van der Waals surface area contributed by atoms with Crippen LogP contribution < -0.4 is 10.5 Å². The summed E-state index contributed by atoms with van der Waals surface area (Å²) in [6.45, 7) is 0.317. The third-order valence-electron chi connectivity index (χ3n) is 2.00. The Labute approximate surface area is 82.3 Å². The summed E-state index contributed by atoms with van der Waals surface area (Å²) >= 11 is 0. The summed E-state index contributed by atoms with van der Waals surface area (Å²) < 4.78 is 18.2. The van der Waals surface area contributed by atoms with Crippen LogP contribution in [0.15, 0.2) is 18.2 Å². The number of benzene rings is 1. The molecule has 0 aliphatic heterocycles. The van der Waals surface area contributed by atoms with E-state index in [0.717, 1.165) is 0 Å². The monoisotopic (exact) mass is 199 g/mol. The summed E-state index contributed by atoms with van der Waals surface area (Å²) in [7, 11) is 1.49. The predicted octanol–water partition coefficient (Wildman–Crippen LogP) is 1.22. The van der Waals surface area contributed by atoms with Gasteiger partial charge in [-0.15, -0.1) is 0 Å².